The predicted molar refractivity (Wildman–Crippen MR) is 37.8 cm³/mol. The monoisotopic (exact) mass is 149 g/mol. The van der Waals surface area contributed by atoms with Crippen LogP contribution in [0.15, 0.2) is 0 Å². The molecule has 2 atom stereocenters. The van der Waals surface area contributed by atoms with Crippen LogP contribution in [0.25, 0.3) is 0 Å². The van der Waals surface area contributed by atoms with Gasteiger partial charge in [0.1, 0.15) is 5.60 Å². The van der Waals surface area contributed by atoms with E-state index in [-0.39, 0.29) is 18.0 Å². The van der Waals surface area contributed by atoms with Crippen molar-refractivity contribution in [1.29, 1.82) is 0 Å². The number of hydrogen-bond acceptors (Lipinski definition) is 2. The van der Waals surface area contributed by atoms with Crippen LogP contribution < -0.4 is 5.73 Å². The van der Waals surface area contributed by atoms with Crippen molar-refractivity contribution < 1.29 is 4.74 Å². The Morgan fingerprint density at radius 3 is 2.44 bits per heavy atom. The highest BCUT2D eigenvalue weighted by Gasteiger charge is 2.52. The Hall–Kier alpha value is 0.210. The molecule has 1 heterocycles. The second-order valence-electron chi connectivity index (χ2n) is 2.85. The summed E-state index contributed by atoms with van der Waals surface area (Å²) in [6.07, 6.45) is 3.63. The number of rotatable bonds is 0. The third kappa shape index (κ3) is 0.955. The number of epoxide rings is 1. The molecule has 3 heteroatoms. The van der Waals surface area contributed by atoms with Gasteiger partial charge >= 0.3 is 0 Å². The average Bonchev–Trinajstić information content (AvgIpc) is 2.39. The molecule has 9 heavy (non-hydrogen) atoms. The molecule has 0 aromatic heterocycles. The van der Waals surface area contributed by atoms with Gasteiger partial charge in [-0.3, -0.25) is 0 Å². The van der Waals surface area contributed by atoms with Crippen molar-refractivity contribution >= 4 is 12.4 Å². The summed E-state index contributed by atoms with van der Waals surface area (Å²) in [4.78, 5) is 0. The topological polar surface area (TPSA) is 38.5 Å². The van der Waals surface area contributed by atoms with Crippen molar-refractivity contribution in [2.24, 2.45) is 5.73 Å². The predicted octanol–water partition coefficient (Wildman–Crippen LogP) is 0.688. The Balaban J connectivity index is 0.000000405. The van der Waals surface area contributed by atoms with Gasteiger partial charge in [-0.1, -0.05) is 0 Å². The molecule has 0 bridgehead atoms. The van der Waals surface area contributed by atoms with E-state index in [4.69, 9.17) is 10.5 Å². The minimum absolute atomic E-state index is 0. The second kappa shape index (κ2) is 2.11. The van der Waals surface area contributed by atoms with Crippen molar-refractivity contribution in [3.05, 3.63) is 0 Å². The van der Waals surface area contributed by atoms with Crippen molar-refractivity contribution in [2.45, 2.75) is 30.9 Å². The molecule has 0 aromatic rings. The van der Waals surface area contributed by atoms with Crippen LogP contribution in [0.4, 0.5) is 0 Å². The first kappa shape index (κ1) is 7.32. The molecule has 1 aliphatic carbocycles. The third-order valence-electron chi connectivity index (χ3n) is 2.31. The summed E-state index contributed by atoms with van der Waals surface area (Å²) < 4.78 is 5.24. The van der Waals surface area contributed by atoms with Crippen LogP contribution >= 0.6 is 12.4 Å². The molecule has 0 radical (unpaired) electrons. The normalized spacial score (nSPS) is 47.0. The van der Waals surface area contributed by atoms with E-state index in [0.29, 0.717) is 6.04 Å². The summed E-state index contributed by atoms with van der Waals surface area (Å²) in [5.74, 6) is 0. The van der Waals surface area contributed by atoms with E-state index < -0.39 is 0 Å². The lowest BCUT2D eigenvalue weighted by Crippen LogP contribution is -2.31. The second-order valence-corrected chi connectivity index (χ2v) is 2.85. The number of halogens is 1. The van der Waals surface area contributed by atoms with Gasteiger partial charge in [0.05, 0.1) is 6.61 Å². The minimum Gasteiger partial charge on any atom is -0.368 e. The van der Waals surface area contributed by atoms with Crippen molar-refractivity contribution in [3.8, 4) is 0 Å². The van der Waals surface area contributed by atoms with Gasteiger partial charge < -0.3 is 10.5 Å². The Morgan fingerprint density at radius 1 is 1.56 bits per heavy atom. The Morgan fingerprint density at radius 2 is 2.22 bits per heavy atom. The lowest BCUT2D eigenvalue weighted by Gasteiger charge is -2.06. The van der Waals surface area contributed by atoms with Gasteiger partial charge in [0.15, 0.2) is 0 Å². The highest BCUT2D eigenvalue weighted by Crippen LogP contribution is 2.42. The highest BCUT2D eigenvalue weighted by molar-refractivity contribution is 5.85. The summed E-state index contributed by atoms with van der Waals surface area (Å²) in [5, 5.41) is 0. The largest absolute Gasteiger partial charge is 0.368 e. The Labute approximate surface area is 61.2 Å². The summed E-state index contributed by atoms with van der Waals surface area (Å²) in [5.41, 5.74) is 5.93. The Kier molecular flexibility index (Phi) is 1.72. The van der Waals surface area contributed by atoms with Crippen LogP contribution in [-0.2, 0) is 4.74 Å². The van der Waals surface area contributed by atoms with E-state index in [9.17, 15) is 0 Å². The zero-order valence-corrected chi connectivity index (χ0v) is 6.12. The van der Waals surface area contributed by atoms with Crippen LogP contribution in [0.1, 0.15) is 19.3 Å². The molecule has 2 aliphatic rings. The van der Waals surface area contributed by atoms with Gasteiger partial charge in [0.2, 0.25) is 0 Å². The molecule has 54 valence electrons. The molecule has 1 saturated heterocycles. The average molecular weight is 150 g/mol. The fourth-order valence-corrected chi connectivity index (χ4v) is 1.52. The first-order valence-electron chi connectivity index (χ1n) is 3.23. The smallest absolute Gasteiger partial charge is 0.107 e. The van der Waals surface area contributed by atoms with Gasteiger partial charge in [0, 0.05) is 6.04 Å². The summed E-state index contributed by atoms with van der Waals surface area (Å²) in [7, 11) is 0. The molecule has 2 N–H and O–H groups in total. The molecule has 2 unspecified atom stereocenters. The maximum absolute atomic E-state index is 5.75. The molecular weight excluding hydrogens is 138 g/mol. The van der Waals surface area contributed by atoms with Gasteiger partial charge in [0.25, 0.3) is 0 Å². The van der Waals surface area contributed by atoms with Crippen LogP contribution in [-0.4, -0.2) is 18.2 Å². The fourth-order valence-electron chi connectivity index (χ4n) is 1.52. The zero-order valence-electron chi connectivity index (χ0n) is 5.30. The first-order chi connectivity index (χ1) is 3.83. The quantitative estimate of drug-likeness (QED) is 0.515. The Bertz CT molecular complexity index is 114. The summed E-state index contributed by atoms with van der Waals surface area (Å²) in [6.45, 7) is 0.925. The number of hydrogen-bond donors (Lipinski definition) is 1. The maximum Gasteiger partial charge on any atom is 0.107 e. The van der Waals surface area contributed by atoms with Crippen molar-refractivity contribution in [1.82, 2.24) is 0 Å². The maximum atomic E-state index is 5.75. The third-order valence-corrected chi connectivity index (χ3v) is 2.31. The van der Waals surface area contributed by atoms with Crippen LogP contribution in [0.5, 0.6) is 0 Å². The van der Waals surface area contributed by atoms with E-state index in [2.05, 4.69) is 0 Å². The van der Waals surface area contributed by atoms with Crippen LogP contribution in [0.3, 0.4) is 0 Å². The van der Waals surface area contributed by atoms with Gasteiger partial charge in [-0.25, -0.2) is 0 Å². The van der Waals surface area contributed by atoms with E-state index in [0.717, 1.165) is 6.61 Å². The molecule has 1 aliphatic heterocycles. The molecular formula is C6H12ClNO. The lowest BCUT2D eigenvalue weighted by atomic mass is 10.1. The van der Waals surface area contributed by atoms with Crippen LogP contribution in [0, 0.1) is 0 Å². The molecule has 0 amide bonds. The van der Waals surface area contributed by atoms with Gasteiger partial charge in [-0.2, -0.15) is 0 Å². The molecule has 2 fully saturated rings. The SMILES string of the molecule is Cl.NC1CCCC12CO2. The van der Waals surface area contributed by atoms with Gasteiger partial charge in [-0.15, -0.1) is 12.4 Å². The van der Waals surface area contributed by atoms with E-state index in [1.807, 2.05) is 0 Å². The molecule has 2 rings (SSSR count). The van der Waals surface area contributed by atoms with E-state index in [1.165, 1.54) is 19.3 Å². The molecule has 2 nitrogen and oxygen atoms in total. The molecule has 0 aromatic carbocycles. The first-order valence-corrected chi connectivity index (χ1v) is 3.23. The molecule has 1 spiro atoms. The summed E-state index contributed by atoms with van der Waals surface area (Å²) in [6, 6.07) is 0.350. The molecule has 1 saturated carbocycles. The zero-order chi connectivity index (χ0) is 5.61. The lowest BCUT2D eigenvalue weighted by molar-refractivity contribution is 0.287. The standard InChI is InChI=1S/C6H11NO.ClH/c7-5-2-1-3-6(5)4-8-6;/h5H,1-4,7H2;1H. The fraction of sp³-hybridized carbons (Fsp3) is 1.00. The summed E-state index contributed by atoms with van der Waals surface area (Å²) >= 11 is 0. The van der Waals surface area contributed by atoms with Crippen molar-refractivity contribution in [3.63, 3.8) is 0 Å². The van der Waals surface area contributed by atoms with E-state index >= 15 is 0 Å². The number of ether oxygens (including phenoxy) is 1. The number of nitrogens with two attached hydrogens (primary N) is 1. The van der Waals surface area contributed by atoms with E-state index in [1.54, 1.807) is 0 Å². The van der Waals surface area contributed by atoms with Crippen LogP contribution in [0.2, 0.25) is 0 Å². The van der Waals surface area contributed by atoms with Gasteiger partial charge in [-0.05, 0) is 19.3 Å². The highest BCUT2D eigenvalue weighted by atomic mass is 35.5. The minimum atomic E-state index is 0. The van der Waals surface area contributed by atoms with Crippen molar-refractivity contribution in [2.75, 3.05) is 6.61 Å².